The molecule has 0 radical (unpaired) electrons. The summed E-state index contributed by atoms with van der Waals surface area (Å²) in [6, 6.07) is 0. The maximum absolute atomic E-state index is 10.4. The van der Waals surface area contributed by atoms with Crippen molar-refractivity contribution in [1.82, 2.24) is 9.80 Å². The van der Waals surface area contributed by atoms with Gasteiger partial charge in [0.15, 0.2) is 0 Å². The van der Waals surface area contributed by atoms with E-state index in [4.69, 9.17) is 18.9 Å². The third-order valence-electron chi connectivity index (χ3n) is 11.7. The Bertz CT molecular complexity index is 695. The highest BCUT2D eigenvalue weighted by molar-refractivity contribution is 4.80. The van der Waals surface area contributed by atoms with E-state index in [2.05, 4.69) is 37.5 Å². The summed E-state index contributed by atoms with van der Waals surface area (Å²) in [6.45, 7) is 19.3. The topological polar surface area (TPSA) is 83.9 Å². The highest BCUT2D eigenvalue weighted by atomic mass is 16.5. The van der Waals surface area contributed by atoms with Crippen LogP contribution in [0.15, 0.2) is 0 Å². The van der Waals surface area contributed by atoms with Gasteiger partial charge in [0, 0.05) is 63.3 Å². The van der Waals surface area contributed by atoms with Gasteiger partial charge in [-0.15, -0.1) is 0 Å². The summed E-state index contributed by atoms with van der Waals surface area (Å²) in [5.74, 6) is 0. The van der Waals surface area contributed by atoms with E-state index in [9.17, 15) is 10.2 Å². The first-order valence-electron chi connectivity index (χ1n) is 23.4. The molecule has 0 amide bonds. The SMILES string of the molecule is CCCCCCCCCCCCCC(C)(CO)CN1CCOCCOCCN(CC(C)(CO)CCCCCCCCCCCCC)CCOCCOCC1. The summed E-state index contributed by atoms with van der Waals surface area (Å²) in [5.41, 5.74) is -0.235. The standard InChI is InChI=1S/C46H94N2O6/c1-5-7-9-11-13-15-17-19-21-23-25-27-45(3,43-49)41-47-29-33-51-37-39-53-35-31-48(32-36-54-40-38-52-34-30-47)42-46(4,44-50)28-26-24-22-20-18-16-14-12-10-8-6-2/h49-50H,5-44H2,1-4H3. The third-order valence-corrected chi connectivity index (χ3v) is 11.7. The van der Waals surface area contributed by atoms with E-state index in [0.29, 0.717) is 52.9 Å². The molecule has 1 fully saturated rings. The van der Waals surface area contributed by atoms with Crippen molar-refractivity contribution in [3.8, 4) is 0 Å². The van der Waals surface area contributed by atoms with Crippen LogP contribution in [0.1, 0.15) is 182 Å². The maximum atomic E-state index is 10.4. The van der Waals surface area contributed by atoms with Gasteiger partial charge in [0.25, 0.3) is 0 Å². The Morgan fingerprint density at radius 3 is 0.852 bits per heavy atom. The van der Waals surface area contributed by atoms with Gasteiger partial charge in [-0.05, 0) is 12.8 Å². The van der Waals surface area contributed by atoms with Crippen molar-refractivity contribution in [2.75, 3.05) is 105 Å². The Balaban J connectivity index is 2.40. The van der Waals surface area contributed by atoms with Crippen molar-refractivity contribution in [3.05, 3.63) is 0 Å². The number of rotatable bonds is 30. The van der Waals surface area contributed by atoms with Crippen LogP contribution in [0, 0.1) is 10.8 Å². The molecule has 1 heterocycles. The molecule has 0 aromatic heterocycles. The van der Waals surface area contributed by atoms with E-state index < -0.39 is 0 Å². The van der Waals surface area contributed by atoms with Gasteiger partial charge in [0.05, 0.1) is 52.9 Å². The number of hydrogen-bond donors (Lipinski definition) is 2. The van der Waals surface area contributed by atoms with Crippen LogP contribution < -0.4 is 0 Å². The van der Waals surface area contributed by atoms with Gasteiger partial charge >= 0.3 is 0 Å². The summed E-state index contributed by atoms with van der Waals surface area (Å²) in [7, 11) is 0. The summed E-state index contributed by atoms with van der Waals surface area (Å²) >= 11 is 0. The Labute approximate surface area is 336 Å². The zero-order chi connectivity index (χ0) is 39.3. The largest absolute Gasteiger partial charge is 0.396 e. The number of nitrogens with zero attached hydrogens (tertiary/aromatic N) is 2. The second-order valence-electron chi connectivity index (χ2n) is 17.5. The zero-order valence-electron chi connectivity index (χ0n) is 36.7. The molecule has 2 N–H and O–H groups in total. The number of hydrogen-bond acceptors (Lipinski definition) is 8. The van der Waals surface area contributed by atoms with Crippen LogP contribution in [0.25, 0.3) is 0 Å². The number of ether oxygens (including phenoxy) is 4. The molecular formula is C46H94N2O6. The lowest BCUT2D eigenvalue weighted by molar-refractivity contribution is -0.00835. The molecular weight excluding hydrogens is 677 g/mol. The predicted octanol–water partition coefficient (Wildman–Crippen LogP) is 10.1. The highest BCUT2D eigenvalue weighted by Crippen LogP contribution is 2.27. The molecule has 2 atom stereocenters. The van der Waals surface area contributed by atoms with Gasteiger partial charge in [0.1, 0.15) is 0 Å². The lowest BCUT2D eigenvalue weighted by Gasteiger charge is -2.35. The van der Waals surface area contributed by atoms with Crippen molar-refractivity contribution < 1.29 is 29.2 Å². The number of aliphatic hydroxyl groups is 2. The van der Waals surface area contributed by atoms with E-state index in [-0.39, 0.29) is 24.0 Å². The summed E-state index contributed by atoms with van der Waals surface area (Å²) in [4.78, 5) is 4.82. The van der Waals surface area contributed by atoms with Crippen LogP contribution in [0.2, 0.25) is 0 Å². The van der Waals surface area contributed by atoms with Gasteiger partial charge in [-0.1, -0.05) is 169 Å². The first kappa shape index (κ1) is 51.7. The first-order valence-corrected chi connectivity index (χ1v) is 23.4. The van der Waals surface area contributed by atoms with Crippen LogP contribution in [0.3, 0.4) is 0 Å². The van der Waals surface area contributed by atoms with Gasteiger partial charge in [-0.2, -0.15) is 0 Å². The number of aliphatic hydroxyl groups excluding tert-OH is 2. The first-order chi connectivity index (χ1) is 26.4. The molecule has 0 saturated carbocycles. The average molecular weight is 771 g/mol. The van der Waals surface area contributed by atoms with Crippen LogP contribution in [0.4, 0.5) is 0 Å². The van der Waals surface area contributed by atoms with Crippen molar-refractivity contribution in [2.24, 2.45) is 10.8 Å². The molecule has 54 heavy (non-hydrogen) atoms. The van der Waals surface area contributed by atoms with Gasteiger partial charge in [-0.25, -0.2) is 0 Å². The van der Waals surface area contributed by atoms with Gasteiger partial charge in [0.2, 0.25) is 0 Å². The fourth-order valence-electron chi connectivity index (χ4n) is 7.89. The summed E-state index contributed by atoms with van der Waals surface area (Å²) in [6.07, 6.45) is 31.6. The molecule has 1 saturated heterocycles. The van der Waals surface area contributed by atoms with E-state index >= 15 is 0 Å². The molecule has 0 bridgehead atoms. The quantitative estimate of drug-likeness (QED) is 0.0699. The fourth-order valence-corrected chi connectivity index (χ4v) is 7.89. The van der Waals surface area contributed by atoms with Crippen LogP contribution in [-0.4, -0.2) is 125 Å². The smallest absolute Gasteiger partial charge is 0.0701 e. The molecule has 324 valence electrons. The van der Waals surface area contributed by atoms with E-state index in [1.54, 1.807) is 0 Å². The maximum Gasteiger partial charge on any atom is 0.0701 e. The van der Waals surface area contributed by atoms with Crippen molar-refractivity contribution in [1.29, 1.82) is 0 Å². The minimum Gasteiger partial charge on any atom is -0.396 e. The molecule has 1 aliphatic rings. The van der Waals surface area contributed by atoms with Crippen molar-refractivity contribution in [2.45, 2.75) is 182 Å². The van der Waals surface area contributed by atoms with Gasteiger partial charge in [-0.3, -0.25) is 9.80 Å². The van der Waals surface area contributed by atoms with E-state index in [0.717, 1.165) is 52.1 Å². The molecule has 8 heteroatoms. The lowest BCUT2D eigenvalue weighted by atomic mass is 9.84. The third kappa shape index (κ3) is 30.8. The molecule has 1 rings (SSSR count). The summed E-state index contributed by atoms with van der Waals surface area (Å²) in [5, 5.41) is 20.8. The van der Waals surface area contributed by atoms with Gasteiger partial charge < -0.3 is 29.2 Å². The normalized spacial score (nSPS) is 19.2. The van der Waals surface area contributed by atoms with Crippen LogP contribution in [0.5, 0.6) is 0 Å². The molecule has 0 aliphatic carbocycles. The zero-order valence-corrected chi connectivity index (χ0v) is 36.7. The number of unbranched alkanes of at least 4 members (excludes halogenated alkanes) is 20. The Hall–Kier alpha value is -0.320. The Kier molecular flexibility index (Phi) is 35.4. The molecule has 8 nitrogen and oxygen atoms in total. The lowest BCUT2D eigenvalue weighted by Crippen LogP contribution is -2.42. The second-order valence-corrected chi connectivity index (χ2v) is 17.5. The molecule has 0 aromatic rings. The van der Waals surface area contributed by atoms with Crippen LogP contribution in [-0.2, 0) is 18.9 Å². The molecule has 2 unspecified atom stereocenters. The Morgan fingerprint density at radius 2 is 0.611 bits per heavy atom. The molecule has 0 spiro atoms. The molecule has 0 aromatic carbocycles. The van der Waals surface area contributed by atoms with Crippen LogP contribution >= 0.6 is 0 Å². The molecule has 1 aliphatic heterocycles. The van der Waals surface area contributed by atoms with Crippen molar-refractivity contribution >= 4 is 0 Å². The highest BCUT2D eigenvalue weighted by Gasteiger charge is 2.27. The van der Waals surface area contributed by atoms with E-state index in [1.807, 2.05) is 0 Å². The summed E-state index contributed by atoms with van der Waals surface area (Å²) < 4.78 is 24.1. The second kappa shape index (κ2) is 37.0. The fraction of sp³-hybridized carbons (Fsp3) is 1.00. The van der Waals surface area contributed by atoms with Crippen molar-refractivity contribution in [3.63, 3.8) is 0 Å². The monoisotopic (exact) mass is 771 g/mol. The van der Waals surface area contributed by atoms with E-state index in [1.165, 1.54) is 141 Å². The minimum absolute atomic E-state index is 0.118. The average Bonchev–Trinajstić information content (AvgIpc) is 3.17. The predicted molar refractivity (Wildman–Crippen MR) is 229 cm³/mol. The Morgan fingerprint density at radius 1 is 0.370 bits per heavy atom. The minimum atomic E-state index is -0.118.